The van der Waals surface area contributed by atoms with Crippen LogP contribution in [0, 0.1) is 11.6 Å². The van der Waals surface area contributed by atoms with Gasteiger partial charge in [0.2, 0.25) is 0 Å². The predicted octanol–water partition coefficient (Wildman–Crippen LogP) is 2.53. The van der Waals surface area contributed by atoms with Crippen LogP contribution in [0.25, 0.3) is 0 Å². The third kappa shape index (κ3) is 5.45. The van der Waals surface area contributed by atoms with Crippen molar-refractivity contribution in [3.8, 4) is 11.5 Å². The topological polar surface area (TPSA) is 73.9 Å². The van der Waals surface area contributed by atoms with Crippen LogP contribution in [0.4, 0.5) is 14.5 Å². The number of ether oxygens (including phenoxy) is 3. The van der Waals surface area contributed by atoms with Gasteiger partial charge in [0, 0.05) is 6.07 Å². The maximum atomic E-state index is 13.4. The van der Waals surface area contributed by atoms with Gasteiger partial charge in [-0.3, -0.25) is 4.79 Å². The van der Waals surface area contributed by atoms with E-state index in [0.29, 0.717) is 11.5 Å². The van der Waals surface area contributed by atoms with E-state index in [0.717, 1.165) is 18.2 Å². The van der Waals surface area contributed by atoms with E-state index in [1.807, 2.05) is 0 Å². The predicted molar refractivity (Wildman–Crippen MR) is 84.4 cm³/mol. The van der Waals surface area contributed by atoms with Gasteiger partial charge in [-0.25, -0.2) is 13.6 Å². The third-order valence-corrected chi connectivity index (χ3v) is 2.98. The normalized spacial score (nSPS) is 10.0. The quantitative estimate of drug-likeness (QED) is 0.776. The summed E-state index contributed by atoms with van der Waals surface area (Å²) >= 11 is 0. The van der Waals surface area contributed by atoms with Gasteiger partial charge in [-0.15, -0.1) is 0 Å². The molecule has 0 heterocycles. The van der Waals surface area contributed by atoms with E-state index >= 15 is 0 Å². The number of esters is 1. The Morgan fingerprint density at radius 1 is 1.04 bits per heavy atom. The molecule has 0 aliphatic carbocycles. The summed E-state index contributed by atoms with van der Waals surface area (Å²) in [4.78, 5) is 23.2. The number of hydrogen-bond acceptors (Lipinski definition) is 5. The number of amides is 1. The summed E-state index contributed by atoms with van der Waals surface area (Å²) < 4.78 is 41.4. The van der Waals surface area contributed by atoms with Gasteiger partial charge in [-0.2, -0.15) is 0 Å². The Bertz CT molecular complexity index is 766. The van der Waals surface area contributed by atoms with Gasteiger partial charge in [0.25, 0.3) is 5.91 Å². The summed E-state index contributed by atoms with van der Waals surface area (Å²) in [5, 5.41) is 2.11. The summed E-state index contributed by atoms with van der Waals surface area (Å²) in [6.45, 7) is -1.11. The molecule has 2 aromatic rings. The first-order valence-electron chi connectivity index (χ1n) is 7.16. The highest BCUT2D eigenvalue weighted by atomic mass is 19.1. The van der Waals surface area contributed by atoms with Crippen LogP contribution in [0.1, 0.15) is 0 Å². The first-order chi connectivity index (χ1) is 12.0. The second-order valence-electron chi connectivity index (χ2n) is 4.77. The van der Waals surface area contributed by atoms with E-state index in [2.05, 4.69) is 5.32 Å². The van der Waals surface area contributed by atoms with E-state index in [1.54, 1.807) is 24.3 Å². The number of benzene rings is 2. The molecule has 0 aliphatic heterocycles. The number of halogens is 2. The molecule has 0 unspecified atom stereocenters. The van der Waals surface area contributed by atoms with Gasteiger partial charge >= 0.3 is 5.97 Å². The number of carbonyl (C=O) groups is 2. The van der Waals surface area contributed by atoms with Crippen LogP contribution in [0.3, 0.4) is 0 Å². The Morgan fingerprint density at radius 2 is 1.76 bits per heavy atom. The Labute approximate surface area is 142 Å². The molecule has 2 rings (SSSR count). The van der Waals surface area contributed by atoms with Crippen molar-refractivity contribution in [2.24, 2.45) is 0 Å². The van der Waals surface area contributed by atoms with Crippen LogP contribution in [-0.2, 0) is 14.3 Å². The second-order valence-corrected chi connectivity index (χ2v) is 4.77. The minimum atomic E-state index is -0.810. The molecule has 0 aromatic heterocycles. The van der Waals surface area contributed by atoms with Gasteiger partial charge in [-0.1, -0.05) is 12.1 Å². The summed E-state index contributed by atoms with van der Waals surface area (Å²) in [6, 6.07) is 9.30. The number of nitrogens with one attached hydrogen (secondary N) is 1. The zero-order valence-corrected chi connectivity index (χ0v) is 13.3. The molecular formula is C17H15F2NO5. The minimum Gasteiger partial charge on any atom is -0.493 e. The van der Waals surface area contributed by atoms with Crippen LogP contribution in [0.5, 0.6) is 11.5 Å². The molecule has 0 saturated heterocycles. The summed E-state index contributed by atoms with van der Waals surface area (Å²) in [5.41, 5.74) is -0.341. The SMILES string of the molecule is COc1ccccc1OCC(=O)OCC(=O)Nc1cc(F)ccc1F. The zero-order chi connectivity index (χ0) is 18.2. The lowest BCUT2D eigenvalue weighted by Gasteiger charge is -2.10. The standard InChI is InChI=1S/C17H15F2NO5/c1-23-14-4-2-3-5-15(14)24-10-17(22)25-9-16(21)20-13-8-11(18)6-7-12(13)19/h2-8H,9-10H2,1H3,(H,20,21). The van der Waals surface area contributed by atoms with Crippen molar-refractivity contribution in [3.05, 3.63) is 54.1 Å². The minimum absolute atomic E-state index is 0.341. The van der Waals surface area contributed by atoms with Gasteiger partial charge in [0.15, 0.2) is 24.7 Å². The van der Waals surface area contributed by atoms with Crippen molar-refractivity contribution in [2.45, 2.75) is 0 Å². The molecule has 0 saturated carbocycles. The molecule has 6 nitrogen and oxygen atoms in total. The maximum Gasteiger partial charge on any atom is 0.344 e. The summed E-state index contributed by atoms with van der Waals surface area (Å²) in [7, 11) is 1.45. The van der Waals surface area contributed by atoms with Crippen molar-refractivity contribution in [1.29, 1.82) is 0 Å². The third-order valence-electron chi connectivity index (χ3n) is 2.98. The molecule has 0 bridgehead atoms. The molecule has 0 aliphatic rings. The molecule has 8 heteroatoms. The fourth-order valence-electron chi connectivity index (χ4n) is 1.84. The molecule has 1 amide bonds. The lowest BCUT2D eigenvalue weighted by atomic mass is 10.3. The van der Waals surface area contributed by atoms with Crippen molar-refractivity contribution >= 4 is 17.6 Å². The number of rotatable bonds is 7. The molecule has 132 valence electrons. The maximum absolute atomic E-state index is 13.4. The monoisotopic (exact) mass is 351 g/mol. The van der Waals surface area contributed by atoms with Crippen molar-refractivity contribution in [2.75, 3.05) is 25.6 Å². The van der Waals surface area contributed by atoms with E-state index in [9.17, 15) is 18.4 Å². The smallest absolute Gasteiger partial charge is 0.344 e. The van der Waals surface area contributed by atoms with Crippen molar-refractivity contribution < 1.29 is 32.6 Å². The molecule has 2 aromatic carbocycles. The molecule has 0 spiro atoms. The van der Waals surface area contributed by atoms with E-state index in [-0.39, 0.29) is 5.69 Å². The Kier molecular flexibility index (Phi) is 6.27. The molecule has 1 N–H and O–H groups in total. The van der Waals surface area contributed by atoms with Gasteiger partial charge < -0.3 is 19.5 Å². The molecule has 0 atom stereocenters. The first kappa shape index (κ1) is 18.2. The van der Waals surface area contributed by atoms with E-state index in [1.165, 1.54) is 7.11 Å². The number of carbonyl (C=O) groups excluding carboxylic acids is 2. The highest BCUT2D eigenvalue weighted by Crippen LogP contribution is 2.25. The Hall–Kier alpha value is -3.16. The summed E-state index contributed by atoms with van der Waals surface area (Å²) in [6.07, 6.45) is 0. The van der Waals surface area contributed by atoms with Crippen LogP contribution in [-0.4, -0.2) is 32.2 Å². The van der Waals surface area contributed by atoms with Gasteiger partial charge in [0.1, 0.15) is 11.6 Å². The molecule has 25 heavy (non-hydrogen) atoms. The molecule has 0 fully saturated rings. The van der Waals surface area contributed by atoms with Crippen LogP contribution >= 0.6 is 0 Å². The number of anilines is 1. The van der Waals surface area contributed by atoms with Gasteiger partial charge in [-0.05, 0) is 24.3 Å². The molecule has 0 radical (unpaired) electrons. The Morgan fingerprint density at radius 3 is 2.48 bits per heavy atom. The van der Waals surface area contributed by atoms with Crippen molar-refractivity contribution in [1.82, 2.24) is 0 Å². The van der Waals surface area contributed by atoms with E-state index < -0.39 is 36.7 Å². The zero-order valence-electron chi connectivity index (χ0n) is 13.3. The lowest BCUT2D eigenvalue weighted by molar-refractivity contribution is -0.149. The second kappa shape index (κ2) is 8.62. The van der Waals surface area contributed by atoms with E-state index in [4.69, 9.17) is 14.2 Å². The number of para-hydroxylation sites is 2. The van der Waals surface area contributed by atoms with Crippen LogP contribution in [0.2, 0.25) is 0 Å². The number of hydrogen-bond donors (Lipinski definition) is 1. The average molecular weight is 351 g/mol. The van der Waals surface area contributed by atoms with Crippen LogP contribution in [0.15, 0.2) is 42.5 Å². The average Bonchev–Trinajstić information content (AvgIpc) is 2.61. The Balaban J connectivity index is 1.79. The van der Waals surface area contributed by atoms with Crippen molar-refractivity contribution in [3.63, 3.8) is 0 Å². The fraction of sp³-hybridized carbons (Fsp3) is 0.176. The molecular weight excluding hydrogens is 336 g/mol. The lowest BCUT2D eigenvalue weighted by Crippen LogP contribution is -2.24. The highest BCUT2D eigenvalue weighted by molar-refractivity contribution is 5.92. The fourth-order valence-corrected chi connectivity index (χ4v) is 1.84. The largest absolute Gasteiger partial charge is 0.493 e. The van der Waals surface area contributed by atoms with Crippen LogP contribution < -0.4 is 14.8 Å². The summed E-state index contributed by atoms with van der Waals surface area (Å²) in [5.74, 6) is -2.35. The highest BCUT2D eigenvalue weighted by Gasteiger charge is 2.12. The first-order valence-corrected chi connectivity index (χ1v) is 7.16. The number of methoxy groups -OCH3 is 1. The van der Waals surface area contributed by atoms with Gasteiger partial charge in [0.05, 0.1) is 12.8 Å².